The van der Waals surface area contributed by atoms with Gasteiger partial charge in [0, 0.05) is 35.8 Å². The van der Waals surface area contributed by atoms with Crippen molar-refractivity contribution in [1.82, 2.24) is 0 Å². The predicted octanol–water partition coefficient (Wildman–Crippen LogP) is 3.74. The quantitative estimate of drug-likeness (QED) is 0.812. The van der Waals surface area contributed by atoms with E-state index in [2.05, 4.69) is 10.0 Å². The van der Waals surface area contributed by atoms with E-state index in [1.807, 2.05) is 6.07 Å². The van der Waals surface area contributed by atoms with Crippen LogP contribution in [0.5, 0.6) is 11.5 Å². The van der Waals surface area contributed by atoms with Crippen LogP contribution in [-0.4, -0.2) is 26.4 Å². The number of rotatable bonds is 4. The summed E-state index contributed by atoms with van der Waals surface area (Å²) in [5.41, 5.74) is 1.43. The molecule has 4 rings (SSSR count). The molecule has 0 unspecified atom stereocenters. The minimum absolute atomic E-state index is 0.294. The van der Waals surface area contributed by atoms with Crippen LogP contribution in [0.3, 0.4) is 0 Å². The van der Waals surface area contributed by atoms with Gasteiger partial charge in [-0.25, -0.2) is 8.42 Å². The van der Waals surface area contributed by atoms with Crippen molar-refractivity contribution >= 4 is 27.3 Å². The van der Waals surface area contributed by atoms with Crippen molar-refractivity contribution < 1.29 is 22.7 Å². The molecule has 1 saturated carbocycles. The van der Waals surface area contributed by atoms with Gasteiger partial charge in [-0.1, -0.05) is 6.42 Å². The molecule has 0 radical (unpaired) electrons. The maximum atomic E-state index is 12.5. The van der Waals surface area contributed by atoms with Crippen LogP contribution in [-0.2, 0) is 10.0 Å². The largest absolute Gasteiger partial charge is 0.448 e. The van der Waals surface area contributed by atoms with E-state index in [1.54, 1.807) is 36.4 Å². The Morgan fingerprint density at radius 1 is 0.929 bits per heavy atom. The van der Waals surface area contributed by atoms with Crippen molar-refractivity contribution in [3.8, 4) is 11.5 Å². The molecule has 0 bridgehead atoms. The van der Waals surface area contributed by atoms with Crippen molar-refractivity contribution in [3.63, 3.8) is 0 Å². The van der Waals surface area contributed by atoms with Gasteiger partial charge in [0.05, 0.1) is 6.26 Å². The van der Waals surface area contributed by atoms with Crippen molar-refractivity contribution in [2.24, 2.45) is 0 Å². The number of amides is 1. The van der Waals surface area contributed by atoms with Crippen LogP contribution >= 0.6 is 0 Å². The first-order chi connectivity index (χ1) is 13.3. The molecule has 8 heteroatoms. The molecule has 1 fully saturated rings. The van der Waals surface area contributed by atoms with E-state index in [-0.39, 0.29) is 5.91 Å². The smallest absolute Gasteiger partial charge is 0.255 e. The maximum Gasteiger partial charge on any atom is 0.255 e. The van der Waals surface area contributed by atoms with Crippen molar-refractivity contribution in [2.45, 2.75) is 37.9 Å². The molecule has 2 aromatic carbocycles. The standard InChI is InChI=1S/C20H22N2O5S/c1-28(24,25)22-15-7-5-14(6-8-15)19(23)21-16-9-10-17-18(13-16)27-20(26-17)11-3-2-4-12-20/h5-10,13,22H,2-4,11-12H2,1H3,(H,21,23). The molecule has 28 heavy (non-hydrogen) atoms. The zero-order valence-electron chi connectivity index (χ0n) is 15.5. The lowest BCUT2D eigenvalue weighted by molar-refractivity contribution is -0.105. The molecule has 1 heterocycles. The molecule has 7 nitrogen and oxygen atoms in total. The van der Waals surface area contributed by atoms with E-state index in [4.69, 9.17) is 9.47 Å². The second kappa shape index (κ2) is 7.01. The Morgan fingerprint density at radius 3 is 2.25 bits per heavy atom. The van der Waals surface area contributed by atoms with Gasteiger partial charge in [-0.2, -0.15) is 0 Å². The molecule has 0 atom stereocenters. The van der Waals surface area contributed by atoms with Crippen LogP contribution < -0.4 is 19.5 Å². The molecule has 148 valence electrons. The molecule has 1 spiro atoms. The minimum Gasteiger partial charge on any atom is -0.448 e. The number of fused-ring (bicyclic) bond motifs is 1. The number of nitrogens with one attached hydrogen (secondary N) is 2. The van der Waals surface area contributed by atoms with Crippen LogP contribution in [0.25, 0.3) is 0 Å². The summed E-state index contributed by atoms with van der Waals surface area (Å²) in [6.45, 7) is 0. The molecule has 2 aliphatic rings. The van der Waals surface area contributed by atoms with Gasteiger partial charge in [-0.3, -0.25) is 9.52 Å². The fourth-order valence-corrected chi connectivity index (χ4v) is 4.14. The van der Waals surface area contributed by atoms with Gasteiger partial charge in [0.2, 0.25) is 10.0 Å². The topological polar surface area (TPSA) is 93.7 Å². The Bertz CT molecular complexity index is 996. The SMILES string of the molecule is CS(=O)(=O)Nc1ccc(C(=O)Nc2ccc3c(c2)OC2(CCCCC2)O3)cc1. The Balaban J connectivity index is 1.44. The molecule has 1 aliphatic heterocycles. The van der Waals surface area contributed by atoms with Crippen molar-refractivity contribution in [3.05, 3.63) is 48.0 Å². The van der Waals surface area contributed by atoms with Gasteiger partial charge in [0.15, 0.2) is 11.5 Å². The summed E-state index contributed by atoms with van der Waals surface area (Å²) in [5.74, 6) is 0.506. The van der Waals surface area contributed by atoms with Crippen LogP contribution in [0.1, 0.15) is 42.5 Å². The highest BCUT2D eigenvalue weighted by Gasteiger charge is 2.42. The predicted molar refractivity (Wildman–Crippen MR) is 106 cm³/mol. The highest BCUT2D eigenvalue weighted by Crippen LogP contribution is 2.46. The first kappa shape index (κ1) is 18.6. The van der Waals surface area contributed by atoms with Crippen LogP contribution in [0.15, 0.2) is 42.5 Å². The lowest BCUT2D eigenvalue weighted by Crippen LogP contribution is -2.40. The number of hydrogen-bond donors (Lipinski definition) is 2. The summed E-state index contributed by atoms with van der Waals surface area (Å²) in [6.07, 6.45) is 6.19. The van der Waals surface area contributed by atoms with Gasteiger partial charge < -0.3 is 14.8 Å². The molecular formula is C20H22N2O5S. The second-order valence-electron chi connectivity index (χ2n) is 7.24. The van der Waals surface area contributed by atoms with E-state index in [1.165, 1.54) is 6.42 Å². The number of anilines is 2. The van der Waals surface area contributed by atoms with Gasteiger partial charge in [0.1, 0.15) is 0 Å². The number of hydrogen-bond acceptors (Lipinski definition) is 5. The second-order valence-corrected chi connectivity index (χ2v) is 8.99. The Labute approximate surface area is 164 Å². The zero-order valence-corrected chi connectivity index (χ0v) is 16.3. The van der Waals surface area contributed by atoms with E-state index in [0.717, 1.165) is 31.9 Å². The van der Waals surface area contributed by atoms with Crippen molar-refractivity contribution in [2.75, 3.05) is 16.3 Å². The number of carbonyl (C=O) groups is 1. The van der Waals surface area contributed by atoms with Gasteiger partial charge >= 0.3 is 0 Å². The molecule has 1 amide bonds. The van der Waals surface area contributed by atoms with Crippen molar-refractivity contribution in [1.29, 1.82) is 0 Å². The summed E-state index contributed by atoms with van der Waals surface area (Å²) < 4.78 is 37.0. The Morgan fingerprint density at radius 2 is 1.57 bits per heavy atom. The average Bonchev–Trinajstić information content (AvgIpc) is 2.98. The summed E-state index contributed by atoms with van der Waals surface area (Å²) >= 11 is 0. The summed E-state index contributed by atoms with van der Waals surface area (Å²) in [5, 5.41) is 2.83. The van der Waals surface area contributed by atoms with Crippen LogP contribution in [0, 0.1) is 0 Å². The number of ether oxygens (including phenoxy) is 2. The zero-order chi connectivity index (χ0) is 19.8. The van der Waals surface area contributed by atoms with Crippen LogP contribution in [0.2, 0.25) is 0 Å². The summed E-state index contributed by atoms with van der Waals surface area (Å²) in [7, 11) is -3.35. The Hall–Kier alpha value is -2.74. The van der Waals surface area contributed by atoms with E-state index in [0.29, 0.717) is 28.4 Å². The van der Waals surface area contributed by atoms with E-state index in [9.17, 15) is 13.2 Å². The first-order valence-electron chi connectivity index (χ1n) is 9.23. The average molecular weight is 402 g/mol. The molecule has 2 N–H and O–H groups in total. The van der Waals surface area contributed by atoms with E-state index < -0.39 is 15.8 Å². The van der Waals surface area contributed by atoms with Gasteiger partial charge in [-0.15, -0.1) is 0 Å². The third kappa shape index (κ3) is 4.06. The molecule has 2 aromatic rings. The normalized spacial score (nSPS) is 17.3. The lowest BCUT2D eigenvalue weighted by atomic mass is 9.94. The molecule has 0 saturated heterocycles. The molecule has 1 aliphatic carbocycles. The summed E-state index contributed by atoms with van der Waals surface area (Å²) in [4.78, 5) is 12.5. The third-order valence-corrected chi connectivity index (χ3v) is 5.47. The van der Waals surface area contributed by atoms with Gasteiger partial charge in [0.25, 0.3) is 11.7 Å². The van der Waals surface area contributed by atoms with Crippen LogP contribution in [0.4, 0.5) is 11.4 Å². The minimum atomic E-state index is -3.35. The number of carbonyl (C=O) groups excluding carboxylic acids is 1. The molecule has 0 aromatic heterocycles. The third-order valence-electron chi connectivity index (χ3n) is 4.86. The Kier molecular flexibility index (Phi) is 4.66. The molecular weight excluding hydrogens is 380 g/mol. The fourth-order valence-electron chi connectivity index (χ4n) is 3.57. The van der Waals surface area contributed by atoms with E-state index >= 15 is 0 Å². The van der Waals surface area contributed by atoms with Gasteiger partial charge in [-0.05, 0) is 49.2 Å². The number of sulfonamides is 1. The highest BCUT2D eigenvalue weighted by atomic mass is 32.2. The lowest BCUT2D eigenvalue weighted by Gasteiger charge is -2.31. The maximum absolute atomic E-state index is 12.5. The first-order valence-corrected chi connectivity index (χ1v) is 11.1. The monoisotopic (exact) mass is 402 g/mol. The highest BCUT2D eigenvalue weighted by molar-refractivity contribution is 7.92. The fraction of sp³-hybridized carbons (Fsp3) is 0.350. The summed E-state index contributed by atoms with van der Waals surface area (Å²) in [6, 6.07) is 11.6. The number of benzene rings is 2.